The molecule has 0 radical (unpaired) electrons. The van der Waals surface area contributed by atoms with E-state index in [0.29, 0.717) is 31.7 Å². The Balaban J connectivity index is 1.70. The second-order valence-electron chi connectivity index (χ2n) is 5.61. The van der Waals surface area contributed by atoms with Crippen molar-refractivity contribution in [3.63, 3.8) is 0 Å². The first-order valence-electron chi connectivity index (χ1n) is 7.82. The van der Waals surface area contributed by atoms with Gasteiger partial charge in [0.1, 0.15) is 23.4 Å². The van der Waals surface area contributed by atoms with Gasteiger partial charge in [-0.25, -0.2) is 19.3 Å². The Labute approximate surface area is 144 Å². The Kier molecular flexibility index (Phi) is 5.35. The van der Waals surface area contributed by atoms with Crippen LogP contribution in [0.4, 0.5) is 10.6 Å². The normalized spacial score (nSPS) is 16.5. The van der Waals surface area contributed by atoms with Gasteiger partial charge in [0.2, 0.25) is 0 Å². The molecule has 1 saturated heterocycles. The van der Waals surface area contributed by atoms with Crippen LogP contribution in [0.1, 0.15) is 12.8 Å². The summed E-state index contributed by atoms with van der Waals surface area (Å²) in [5.41, 5.74) is 0.756. The van der Waals surface area contributed by atoms with E-state index in [1.165, 1.54) is 6.33 Å². The molecule has 0 saturated carbocycles. The molecule has 1 aromatic heterocycles. The summed E-state index contributed by atoms with van der Waals surface area (Å²) in [5.74, 6) is 1.52. The van der Waals surface area contributed by atoms with Gasteiger partial charge in [0, 0.05) is 24.5 Å². The van der Waals surface area contributed by atoms with Crippen molar-refractivity contribution in [3.8, 4) is 5.75 Å². The lowest BCUT2D eigenvalue weighted by Crippen LogP contribution is -2.44. The van der Waals surface area contributed by atoms with Crippen LogP contribution >= 0.6 is 8.25 Å². The number of carbonyl (C=O) groups is 1. The number of carbonyl (C=O) groups excluding carboxylic acids is 1. The fraction of sp³-hybridized carbons (Fsp3) is 0.400. The van der Waals surface area contributed by atoms with Crippen LogP contribution in [0.15, 0.2) is 24.5 Å². The Morgan fingerprint density at radius 1 is 1.36 bits per heavy atom. The first kappa shape index (κ1) is 17.4. The van der Waals surface area contributed by atoms with Crippen LogP contribution in [0.5, 0.6) is 5.75 Å². The summed E-state index contributed by atoms with van der Waals surface area (Å²) in [6.07, 6.45) is 2.01. The van der Waals surface area contributed by atoms with Crippen LogP contribution in [-0.2, 0) is 9.09 Å². The van der Waals surface area contributed by atoms with Crippen LogP contribution in [0.2, 0.25) is 0 Å². The van der Waals surface area contributed by atoms with Gasteiger partial charge < -0.3 is 24.4 Å². The number of nitrogens with one attached hydrogen (secondary N) is 1. The van der Waals surface area contributed by atoms with Crippen molar-refractivity contribution < 1.29 is 23.5 Å². The van der Waals surface area contributed by atoms with E-state index < -0.39 is 14.3 Å². The zero-order valence-electron chi connectivity index (χ0n) is 13.6. The molecule has 1 aliphatic rings. The molecule has 2 N–H and O–H groups in total. The minimum atomic E-state index is -3.27. The molecule has 134 valence electrons. The van der Waals surface area contributed by atoms with Crippen molar-refractivity contribution in [2.45, 2.75) is 18.9 Å². The van der Waals surface area contributed by atoms with E-state index >= 15 is 0 Å². The SMILES string of the molecule is COc1cccc2c(N3CCC(NC(=O)O[PH](=O)O)CC3)ncnc12. The molecule has 0 bridgehead atoms. The van der Waals surface area contributed by atoms with E-state index in [1.807, 2.05) is 18.2 Å². The van der Waals surface area contributed by atoms with Crippen molar-refractivity contribution in [3.05, 3.63) is 24.5 Å². The highest BCUT2D eigenvalue weighted by Gasteiger charge is 2.24. The standard InChI is InChI=1S/C15H19N4O5P/c1-23-12-4-2-3-11-13(12)16-9-17-14(11)19-7-5-10(6-8-19)18-15(20)24-25(21)22/h2-4,9-10,25H,5-8H2,1H3,(H,18,20)(H,21,22). The number of hydrogen-bond donors (Lipinski definition) is 2. The number of anilines is 1. The molecule has 2 heterocycles. The van der Waals surface area contributed by atoms with Crippen molar-refractivity contribution >= 4 is 31.1 Å². The van der Waals surface area contributed by atoms with Gasteiger partial charge in [0.25, 0.3) is 0 Å². The van der Waals surface area contributed by atoms with Crippen molar-refractivity contribution in [1.29, 1.82) is 0 Å². The molecule has 1 fully saturated rings. The minimum absolute atomic E-state index is 0.104. The summed E-state index contributed by atoms with van der Waals surface area (Å²) in [6, 6.07) is 5.60. The quantitative estimate of drug-likeness (QED) is 0.786. The maximum atomic E-state index is 11.4. The van der Waals surface area contributed by atoms with Gasteiger partial charge in [-0.05, 0) is 25.0 Å². The zero-order valence-corrected chi connectivity index (χ0v) is 14.6. The highest BCUT2D eigenvalue weighted by molar-refractivity contribution is 7.32. The van der Waals surface area contributed by atoms with E-state index in [-0.39, 0.29) is 6.04 Å². The number of amides is 1. The number of benzene rings is 1. The number of fused-ring (bicyclic) bond motifs is 1. The van der Waals surface area contributed by atoms with Crippen LogP contribution < -0.4 is 15.0 Å². The van der Waals surface area contributed by atoms with Crippen LogP contribution in [0.25, 0.3) is 10.9 Å². The molecule has 10 heteroatoms. The van der Waals surface area contributed by atoms with E-state index in [0.717, 1.165) is 16.7 Å². The molecule has 1 amide bonds. The topological polar surface area (TPSA) is 114 Å². The lowest BCUT2D eigenvalue weighted by atomic mass is 10.0. The third-order valence-electron chi connectivity index (χ3n) is 4.12. The third kappa shape index (κ3) is 4.00. The Hall–Kier alpha value is -2.38. The maximum Gasteiger partial charge on any atom is 0.413 e. The molecule has 1 unspecified atom stereocenters. The average molecular weight is 366 g/mol. The summed E-state index contributed by atoms with van der Waals surface area (Å²) in [5, 5.41) is 3.51. The monoisotopic (exact) mass is 366 g/mol. The molecular formula is C15H19N4O5P. The molecule has 0 spiro atoms. The summed E-state index contributed by atoms with van der Waals surface area (Å²) in [6.45, 7) is 1.37. The Morgan fingerprint density at radius 2 is 2.12 bits per heavy atom. The molecule has 3 rings (SSSR count). The molecule has 25 heavy (non-hydrogen) atoms. The third-order valence-corrected chi connectivity index (χ3v) is 4.48. The van der Waals surface area contributed by atoms with Gasteiger partial charge in [-0.15, -0.1) is 0 Å². The molecule has 9 nitrogen and oxygen atoms in total. The van der Waals surface area contributed by atoms with Gasteiger partial charge in [-0.1, -0.05) is 6.07 Å². The van der Waals surface area contributed by atoms with Gasteiger partial charge in [-0.3, -0.25) is 0 Å². The highest BCUT2D eigenvalue weighted by Crippen LogP contribution is 2.30. The summed E-state index contributed by atoms with van der Waals surface area (Å²) in [7, 11) is -1.66. The van der Waals surface area contributed by atoms with Crippen LogP contribution in [-0.4, -0.2) is 47.2 Å². The number of hydrogen-bond acceptors (Lipinski definition) is 7. The highest BCUT2D eigenvalue weighted by atomic mass is 31.1. The predicted molar refractivity (Wildman–Crippen MR) is 92.2 cm³/mol. The van der Waals surface area contributed by atoms with E-state index in [9.17, 15) is 9.36 Å². The van der Waals surface area contributed by atoms with E-state index in [4.69, 9.17) is 9.63 Å². The van der Waals surface area contributed by atoms with Crippen LogP contribution in [0.3, 0.4) is 0 Å². The number of rotatable bonds is 4. The smallest absolute Gasteiger partial charge is 0.413 e. The van der Waals surface area contributed by atoms with Gasteiger partial charge >= 0.3 is 14.3 Å². The second kappa shape index (κ2) is 7.67. The Bertz CT molecular complexity index is 795. The van der Waals surface area contributed by atoms with E-state index in [2.05, 4.69) is 24.7 Å². The van der Waals surface area contributed by atoms with Crippen LogP contribution in [0, 0.1) is 0 Å². The number of piperidine rings is 1. The first-order chi connectivity index (χ1) is 12.1. The first-order valence-corrected chi connectivity index (χ1v) is 9.09. The van der Waals surface area contributed by atoms with Crippen molar-refractivity contribution in [2.75, 3.05) is 25.1 Å². The fourth-order valence-corrected chi connectivity index (χ4v) is 3.19. The molecule has 0 aliphatic carbocycles. The largest absolute Gasteiger partial charge is 0.494 e. The second-order valence-corrected chi connectivity index (χ2v) is 6.35. The van der Waals surface area contributed by atoms with Gasteiger partial charge in [-0.2, -0.15) is 0 Å². The summed E-state index contributed by atoms with van der Waals surface area (Å²) in [4.78, 5) is 30.9. The summed E-state index contributed by atoms with van der Waals surface area (Å²) >= 11 is 0. The zero-order chi connectivity index (χ0) is 17.8. The molecule has 1 atom stereocenters. The molecule has 1 aromatic carbocycles. The number of methoxy groups -OCH3 is 1. The maximum absolute atomic E-state index is 11.4. The molecule has 1 aliphatic heterocycles. The van der Waals surface area contributed by atoms with Gasteiger partial charge in [0.15, 0.2) is 0 Å². The van der Waals surface area contributed by atoms with Gasteiger partial charge in [0.05, 0.1) is 7.11 Å². The molecular weight excluding hydrogens is 347 g/mol. The number of aromatic nitrogens is 2. The summed E-state index contributed by atoms with van der Waals surface area (Å²) < 4.78 is 20.1. The fourth-order valence-electron chi connectivity index (χ4n) is 2.97. The van der Waals surface area contributed by atoms with Crippen molar-refractivity contribution in [1.82, 2.24) is 15.3 Å². The predicted octanol–water partition coefficient (Wildman–Crippen LogP) is 1.72. The van der Waals surface area contributed by atoms with Crippen molar-refractivity contribution in [2.24, 2.45) is 0 Å². The minimum Gasteiger partial charge on any atom is -0.494 e. The lowest BCUT2D eigenvalue weighted by molar-refractivity contribution is 0.190. The Morgan fingerprint density at radius 3 is 2.80 bits per heavy atom. The lowest BCUT2D eigenvalue weighted by Gasteiger charge is -2.33. The average Bonchev–Trinajstić information content (AvgIpc) is 2.60. The molecule has 2 aromatic rings. The van der Waals surface area contributed by atoms with E-state index in [1.54, 1.807) is 7.11 Å². The number of nitrogens with zero attached hydrogens (tertiary/aromatic N) is 3. The number of para-hydroxylation sites is 1. The number of ether oxygens (including phenoxy) is 1.